The van der Waals surface area contributed by atoms with Gasteiger partial charge in [0.25, 0.3) is 5.91 Å². The number of para-hydroxylation sites is 1. The van der Waals surface area contributed by atoms with E-state index in [0.29, 0.717) is 23.7 Å². The van der Waals surface area contributed by atoms with E-state index in [0.717, 1.165) is 36.4 Å². The monoisotopic (exact) mass is 429 g/mol. The van der Waals surface area contributed by atoms with Gasteiger partial charge in [-0.3, -0.25) is 4.79 Å². The molecule has 1 spiro atoms. The van der Waals surface area contributed by atoms with E-state index < -0.39 is 0 Å². The first-order valence-electron chi connectivity index (χ1n) is 9.82. The minimum atomic E-state index is -0.237. The lowest BCUT2D eigenvalue weighted by atomic mass is 10.0. The van der Waals surface area contributed by atoms with Gasteiger partial charge in [0.05, 0.1) is 4.87 Å². The van der Waals surface area contributed by atoms with Crippen molar-refractivity contribution in [3.05, 3.63) is 64.7 Å². The summed E-state index contributed by atoms with van der Waals surface area (Å²) in [5.41, 5.74) is 2.50. The molecule has 0 aliphatic carbocycles. The van der Waals surface area contributed by atoms with Crippen molar-refractivity contribution in [2.45, 2.75) is 24.6 Å². The number of halogens is 1. The lowest BCUT2D eigenvalue weighted by molar-refractivity contribution is 0.0585. The number of rotatable bonds is 2. The van der Waals surface area contributed by atoms with E-state index in [1.54, 1.807) is 12.1 Å². The summed E-state index contributed by atoms with van der Waals surface area (Å²) in [6, 6.07) is 14.8. The van der Waals surface area contributed by atoms with Crippen LogP contribution in [0.4, 0.5) is 10.5 Å². The fourth-order valence-corrected chi connectivity index (χ4v) is 5.70. The van der Waals surface area contributed by atoms with Crippen LogP contribution in [0, 0.1) is 6.92 Å². The van der Waals surface area contributed by atoms with Gasteiger partial charge in [0.1, 0.15) is 0 Å². The third-order valence-electron chi connectivity index (χ3n) is 5.71. The lowest BCUT2D eigenvalue weighted by Gasteiger charge is -2.44. The van der Waals surface area contributed by atoms with Gasteiger partial charge in [0.15, 0.2) is 0 Å². The summed E-state index contributed by atoms with van der Waals surface area (Å²) in [5, 5.41) is 3.58. The summed E-state index contributed by atoms with van der Waals surface area (Å²) in [6.45, 7) is 3.97. The second-order valence-corrected chi connectivity index (χ2v) is 9.39. The van der Waals surface area contributed by atoms with Crippen molar-refractivity contribution in [1.82, 2.24) is 9.80 Å². The Balaban J connectivity index is 1.43. The van der Waals surface area contributed by atoms with Crippen LogP contribution in [0.15, 0.2) is 48.5 Å². The number of nitrogens with zero attached hydrogens (tertiary/aromatic N) is 2. The first-order valence-corrected chi connectivity index (χ1v) is 11.2. The first kappa shape index (κ1) is 20.1. The normalized spacial score (nSPS) is 18.1. The number of anilines is 1. The Morgan fingerprint density at radius 3 is 2.55 bits per heavy atom. The van der Waals surface area contributed by atoms with Crippen LogP contribution in [-0.4, -0.2) is 52.0 Å². The maximum Gasteiger partial charge on any atom is 0.321 e. The molecule has 29 heavy (non-hydrogen) atoms. The fourth-order valence-electron chi connectivity index (χ4n) is 4.05. The molecule has 2 aromatic rings. The Bertz CT molecular complexity index is 928. The van der Waals surface area contributed by atoms with Crippen molar-refractivity contribution < 1.29 is 9.59 Å². The third-order valence-corrected chi connectivity index (χ3v) is 7.50. The highest BCUT2D eigenvalue weighted by Gasteiger charge is 2.47. The van der Waals surface area contributed by atoms with E-state index >= 15 is 0 Å². The number of benzene rings is 2. The molecule has 1 N–H and O–H groups in total. The van der Waals surface area contributed by atoms with E-state index in [1.165, 1.54) is 0 Å². The van der Waals surface area contributed by atoms with Gasteiger partial charge in [0.2, 0.25) is 0 Å². The predicted octanol–water partition coefficient (Wildman–Crippen LogP) is 4.86. The van der Waals surface area contributed by atoms with Crippen molar-refractivity contribution in [2.75, 3.05) is 30.7 Å². The van der Waals surface area contributed by atoms with Gasteiger partial charge in [-0.15, -0.1) is 11.8 Å². The summed E-state index contributed by atoms with van der Waals surface area (Å²) in [7, 11) is 0. The molecule has 2 aliphatic rings. The molecule has 5 nitrogen and oxygen atoms in total. The van der Waals surface area contributed by atoms with Crippen molar-refractivity contribution in [3.63, 3.8) is 0 Å². The van der Waals surface area contributed by atoms with Crippen LogP contribution >= 0.6 is 23.4 Å². The Hall–Kier alpha value is -2.18. The number of carbonyl (C=O) groups excluding carboxylic acids is 2. The van der Waals surface area contributed by atoms with Crippen molar-refractivity contribution >= 4 is 41.0 Å². The zero-order valence-electron chi connectivity index (χ0n) is 16.4. The van der Waals surface area contributed by atoms with Crippen LogP contribution in [0.1, 0.15) is 28.8 Å². The van der Waals surface area contributed by atoms with Gasteiger partial charge in [0, 0.05) is 41.7 Å². The number of thioether (sulfide) groups is 1. The third kappa shape index (κ3) is 4.09. The molecular weight excluding hydrogens is 406 g/mol. The Kier molecular flexibility index (Phi) is 5.74. The summed E-state index contributed by atoms with van der Waals surface area (Å²) < 4.78 is 0. The molecule has 2 fully saturated rings. The van der Waals surface area contributed by atoms with Crippen LogP contribution in [0.5, 0.6) is 0 Å². The lowest BCUT2D eigenvalue weighted by Crippen LogP contribution is -2.54. The molecule has 3 amide bonds. The number of carbonyl (C=O) groups is 2. The SMILES string of the molecule is Cc1ccccc1NC(=O)N1CCC2(CC1)SCCN2C(=O)c1cccc(Cl)c1. The quantitative estimate of drug-likeness (QED) is 0.741. The number of hydrogen-bond acceptors (Lipinski definition) is 3. The highest BCUT2D eigenvalue weighted by Crippen LogP contribution is 2.44. The number of likely N-dealkylation sites (tertiary alicyclic amines) is 1. The van der Waals surface area contributed by atoms with Gasteiger partial charge < -0.3 is 15.1 Å². The van der Waals surface area contributed by atoms with Crippen molar-refractivity contribution in [2.24, 2.45) is 0 Å². The number of hydrogen-bond donors (Lipinski definition) is 1. The average molecular weight is 430 g/mol. The number of aryl methyl sites for hydroxylation is 1. The summed E-state index contributed by atoms with van der Waals surface area (Å²) >= 11 is 7.91. The number of urea groups is 1. The highest BCUT2D eigenvalue weighted by atomic mass is 35.5. The van der Waals surface area contributed by atoms with E-state index in [9.17, 15) is 9.59 Å². The zero-order valence-corrected chi connectivity index (χ0v) is 17.9. The second-order valence-electron chi connectivity index (χ2n) is 7.49. The van der Waals surface area contributed by atoms with E-state index in [4.69, 9.17) is 11.6 Å². The predicted molar refractivity (Wildman–Crippen MR) is 119 cm³/mol. The first-order chi connectivity index (χ1) is 14.0. The van der Waals surface area contributed by atoms with Crippen LogP contribution in [0.2, 0.25) is 5.02 Å². The molecule has 0 atom stereocenters. The summed E-state index contributed by atoms with van der Waals surface area (Å²) in [5.74, 6) is 0.942. The van der Waals surface area contributed by atoms with Crippen LogP contribution < -0.4 is 5.32 Å². The van der Waals surface area contributed by atoms with E-state index in [1.807, 2.05) is 64.9 Å². The van der Waals surface area contributed by atoms with Crippen LogP contribution in [0.3, 0.4) is 0 Å². The molecule has 0 aromatic heterocycles. The van der Waals surface area contributed by atoms with E-state index in [-0.39, 0.29) is 16.8 Å². The maximum atomic E-state index is 13.1. The van der Waals surface area contributed by atoms with Crippen LogP contribution in [0.25, 0.3) is 0 Å². The molecular formula is C22H24ClN3O2S. The minimum Gasteiger partial charge on any atom is -0.324 e. The Labute approximate surface area is 180 Å². The van der Waals surface area contributed by atoms with Gasteiger partial charge in [-0.25, -0.2) is 4.79 Å². The molecule has 0 unspecified atom stereocenters. The molecule has 0 radical (unpaired) electrons. The zero-order chi connectivity index (χ0) is 20.4. The fraction of sp³-hybridized carbons (Fsp3) is 0.364. The Morgan fingerprint density at radius 2 is 1.83 bits per heavy atom. The molecule has 2 aliphatic heterocycles. The highest BCUT2D eigenvalue weighted by molar-refractivity contribution is 8.00. The second kappa shape index (κ2) is 8.28. The number of piperidine rings is 1. The molecule has 2 aromatic carbocycles. The molecule has 2 saturated heterocycles. The molecule has 0 saturated carbocycles. The van der Waals surface area contributed by atoms with Gasteiger partial charge >= 0.3 is 6.03 Å². The molecule has 4 rings (SSSR count). The molecule has 2 heterocycles. The molecule has 7 heteroatoms. The van der Waals surface area contributed by atoms with Gasteiger partial charge in [-0.2, -0.15) is 0 Å². The summed E-state index contributed by atoms with van der Waals surface area (Å²) in [4.78, 5) is 29.4. The Morgan fingerprint density at radius 1 is 1.07 bits per heavy atom. The molecule has 152 valence electrons. The average Bonchev–Trinajstić information content (AvgIpc) is 3.12. The summed E-state index contributed by atoms with van der Waals surface area (Å²) in [6.07, 6.45) is 1.54. The standard InChI is InChI=1S/C22H24ClN3O2S/c1-16-5-2-3-8-19(16)24-21(28)25-11-9-22(10-12-25)26(13-14-29-22)20(27)17-6-4-7-18(23)15-17/h2-8,15H,9-14H2,1H3,(H,24,28). The van der Waals surface area contributed by atoms with Crippen LogP contribution in [-0.2, 0) is 0 Å². The number of amides is 3. The topological polar surface area (TPSA) is 52.7 Å². The van der Waals surface area contributed by atoms with Gasteiger partial charge in [-0.1, -0.05) is 35.9 Å². The number of nitrogens with one attached hydrogen (secondary N) is 1. The largest absolute Gasteiger partial charge is 0.324 e. The van der Waals surface area contributed by atoms with E-state index in [2.05, 4.69) is 5.32 Å². The van der Waals surface area contributed by atoms with Crippen molar-refractivity contribution in [3.8, 4) is 0 Å². The smallest absolute Gasteiger partial charge is 0.321 e. The maximum absolute atomic E-state index is 13.1. The van der Waals surface area contributed by atoms with Gasteiger partial charge in [-0.05, 0) is 49.6 Å². The minimum absolute atomic E-state index is 0.0234. The van der Waals surface area contributed by atoms with Crippen molar-refractivity contribution in [1.29, 1.82) is 0 Å². The molecule has 0 bridgehead atoms.